The number of aromatic nitrogens is 2. The molecule has 2 atom stereocenters. The van der Waals surface area contributed by atoms with E-state index < -0.39 is 0 Å². The molecule has 1 saturated carbocycles. The molecule has 9 heteroatoms. The van der Waals surface area contributed by atoms with Crippen LogP contribution in [0.15, 0.2) is 36.5 Å². The first-order chi connectivity index (χ1) is 21.0. The lowest BCUT2D eigenvalue weighted by atomic mass is 9.67. The average Bonchev–Trinajstić information content (AvgIpc) is 3.43. The van der Waals surface area contributed by atoms with Gasteiger partial charge in [0.25, 0.3) is 5.91 Å². The molecule has 2 unspecified atom stereocenters. The molecule has 1 aliphatic carbocycles. The molecule has 234 valence electrons. The fourth-order valence-electron chi connectivity index (χ4n) is 8.48. The molecular formula is C34H50N6O3. The van der Waals surface area contributed by atoms with Gasteiger partial charge in [0.2, 0.25) is 0 Å². The summed E-state index contributed by atoms with van der Waals surface area (Å²) in [6, 6.07) is 9.84. The largest absolute Gasteiger partial charge is 0.442 e. The summed E-state index contributed by atoms with van der Waals surface area (Å²) in [6.45, 7) is 6.20. The summed E-state index contributed by atoms with van der Waals surface area (Å²) in [5.74, 6) is 1.54. The highest BCUT2D eigenvalue weighted by Gasteiger charge is 2.55. The number of anilines is 1. The first kappa shape index (κ1) is 30.0. The highest BCUT2D eigenvalue weighted by molar-refractivity contribution is 5.98. The normalized spacial score (nSPS) is 25.2. The van der Waals surface area contributed by atoms with Crippen molar-refractivity contribution < 1.29 is 14.3 Å². The number of hydrogen-bond acceptors (Lipinski definition) is 6. The van der Waals surface area contributed by atoms with E-state index in [1.54, 1.807) is 10.9 Å². The fraction of sp³-hybridized carbons (Fsp3) is 0.676. The van der Waals surface area contributed by atoms with E-state index >= 15 is 0 Å². The Labute approximate surface area is 256 Å². The Morgan fingerprint density at radius 2 is 1.79 bits per heavy atom. The Morgan fingerprint density at radius 1 is 1.07 bits per heavy atom. The Balaban J connectivity index is 1.22. The molecule has 3 aliphatic heterocycles. The van der Waals surface area contributed by atoms with Gasteiger partial charge in [-0.25, -0.2) is 9.48 Å². The van der Waals surface area contributed by atoms with Gasteiger partial charge in [-0.2, -0.15) is 5.10 Å². The van der Waals surface area contributed by atoms with Crippen LogP contribution >= 0.6 is 0 Å². The predicted octanol–water partition coefficient (Wildman–Crippen LogP) is 5.64. The first-order valence-electron chi connectivity index (χ1n) is 16.9. The maximum atomic E-state index is 13.9. The van der Waals surface area contributed by atoms with Gasteiger partial charge in [-0.15, -0.1) is 0 Å². The van der Waals surface area contributed by atoms with Crippen molar-refractivity contribution in [3.63, 3.8) is 0 Å². The minimum Gasteiger partial charge on any atom is -0.442 e. The van der Waals surface area contributed by atoms with Crippen LogP contribution in [0.5, 0.6) is 0 Å². The van der Waals surface area contributed by atoms with Crippen molar-refractivity contribution in [2.45, 2.75) is 95.6 Å². The van der Waals surface area contributed by atoms with Crippen LogP contribution in [0.3, 0.4) is 0 Å². The minimum absolute atomic E-state index is 0.0578. The van der Waals surface area contributed by atoms with Gasteiger partial charge in [0, 0.05) is 44.4 Å². The number of nitrogens with two attached hydrogens (primary N) is 1. The lowest BCUT2D eigenvalue weighted by molar-refractivity contribution is -0.147. The second-order valence-corrected chi connectivity index (χ2v) is 13.4. The van der Waals surface area contributed by atoms with Gasteiger partial charge >= 0.3 is 6.09 Å². The average molecular weight is 591 g/mol. The second-order valence-electron chi connectivity index (χ2n) is 13.4. The maximum absolute atomic E-state index is 13.9. The SMILES string of the molecule is CCCCC1C(C2CCN(C(=O)c3cnn(-c4ccccc4)c3N)CC2)N(CC2CCCCC2)C(=O)OC12CCNCC2. The van der Waals surface area contributed by atoms with Crippen molar-refractivity contribution >= 4 is 17.8 Å². The van der Waals surface area contributed by atoms with Crippen LogP contribution in [0.1, 0.15) is 94.3 Å². The zero-order valence-electron chi connectivity index (χ0n) is 25.9. The standard InChI is InChI=1S/C34H50N6O3/c1-2-3-14-29-30(39(24-25-10-6-4-7-11-25)33(42)43-34(29)17-19-36-20-18-34)26-15-21-38(22-16-26)32(41)28-23-37-40(31(28)35)27-12-8-5-9-13-27/h5,8-9,12-13,23,25-26,29-30,36H,2-4,6-7,10-11,14-22,24,35H2,1H3. The molecule has 4 fully saturated rings. The fourth-order valence-corrected chi connectivity index (χ4v) is 8.48. The molecule has 3 N–H and O–H groups in total. The van der Waals surface area contributed by atoms with Crippen LogP contribution in [-0.2, 0) is 4.74 Å². The number of carbonyl (C=O) groups is 2. The molecule has 0 radical (unpaired) electrons. The van der Waals surface area contributed by atoms with E-state index in [1.807, 2.05) is 35.2 Å². The zero-order valence-corrected chi connectivity index (χ0v) is 25.9. The number of carbonyl (C=O) groups excluding carboxylic acids is 2. The molecule has 3 saturated heterocycles. The molecule has 4 heterocycles. The molecule has 0 bridgehead atoms. The Bertz CT molecular complexity index is 1230. The minimum atomic E-state index is -0.376. The number of ether oxygens (including phenoxy) is 1. The Hall–Kier alpha value is -3.07. The number of nitrogens with one attached hydrogen (secondary N) is 1. The quantitative estimate of drug-likeness (QED) is 0.413. The number of para-hydroxylation sites is 1. The van der Waals surface area contributed by atoms with E-state index in [0.29, 0.717) is 42.2 Å². The summed E-state index contributed by atoms with van der Waals surface area (Å²) in [5, 5.41) is 7.94. The smallest absolute Gasteiger partial charge is 0.410 e. The van der Waals surface area contributed by atoms with Crippen molar-refractivity contribution in [1.82, 2.24) is 24.9 Å². The van der Waals surface area contributed by atoms with Gasteiger partial charge in [-0.3, -0.25) is 4.79 Å². The third-order valence-corrected chi connectivity index (χ3v) is 10.8. The van der Waals surface area contributed by atoms with Gasteiger partial charge in [-0.05, 0) is 69.2 Å². The summed E-state index contributed by atoms with van der Waals surface area (Å²) in [6.07, 6.45) is 14.7. The van der Waals surface area contributed by atoms with Crippen LogP contribution in [0.2, 0.25) is 0 Å². The Kier molecular flexibility index (Phi) is 9.26. The summed E-state index contributed by atoms with van der Waals surface area (Å²) >= 11 is 0. The van der Waals surface area contributed by atoms with Gasteiger partial charge in [0.1, 0.15) is 17.0 Å². The Morgan fingerprint density at radius 3 is 2.49 bits per heavy atom. The zero-order chi connectivity index (χ0) is 29.8. The molecule has 1 aromatic carbocycles. The van der Waals surface area contributed by atoms with Gasteiger partial charge in [-0.1, -0.05) is 57.2 Å². The first-order valence-corrected chi connectivity index (χ1v) is 16.9. The highest BCUT2D eigenvalue weighted by Crippen LogP contribution is 2.47. The third-order valence-electron chi connectivity index (χ3n) is 10.8. The summed E-state index contributed by atoms with van der Waals surface area (Å²) in [4.78, 5) is 31.7. The molecule has 6 rings (SSSR count). The number of piperidine rings is 2. The van der Waals surface area contributed by atoms with Gasteiger partial charge < -0.3 is 25.6 Å². The van der Waals surface area contributed by atoms with Crippen LogP contribution in [0, 0.1) is 17.8 Å². The molecule has 9 nitrogen and oxygen atoms in total. The van der Waals surface area contributed by atoms with Gasteiger partial charge in [0.15, 0.2) is 0 Å². The van der Waals surface area contributed by atoms with E-state index in [-0.39, 0.29) is 23.6 Å². The van der Waals surface area contributed by atoms with E-state index in [4.69, 9.17) is 10.5 Å². The van der Waals surface area contributed by atoms with Crippen molar-refractivity contribution in [3.8, 4) is 5.69 Å². The molecule has 43 heavy (non-hydrogen) atoms. The number of likely N-dealkylation sites (tertiary alicyclic amines) is 1. The lowest BCUT2D eigenvalue weighted by Gasteiger charge is -2.56. The van der Waals surface area contributed by atoms with Crippen molar-refractivity contribution in [1.29, 1.82) is 0 Å². The number of amides is 2. The number of benzene rings is 1. The van der Waals surface area contributed by atoms with Crippen molar-refractivity contribution in [2.24, 2.45) is 17.8 Å². The number of nitrogen functional groups attached to an aromatic ring is 1. The molecule has 4 aliphatic rings. The maximum Gasteiger partial charge on any atom is 0.410 e. The van der Waals surface area contributed by atoms with E-state index in [1.165, 1.54) is 32.1 Å². The molecule has 1 aromatic heterocycles. The van der Waals surface area contributed by atoms with E-state index in [2.05, 4.69) is 22.2 Å². The summed E-state index contributed by atoms with van der Waals surface area (Å²) in [5.41, 5.74) is 7.36. The predicted molar refractivity (Wildman–Crippen MR) is 168 cm³/mol. The topological polar surface area (TPSA) is 106 Å². The highest BCUT2D eigenvalue weighted by atomic mass is 16.6. The van der Waals surface area contributed by atoms with Crippen LogP contribution in [0.4, 0.5) is 10.6 Å². The van der Waals surface area contributed by atoms with Crippen LogP contribution in [-0.4, -0.2) is 75.9 Å². The number of unbranched alkanes of at least 4 members (excludes halogenated alkanes) is 1. The molecular weight excluding hydrogens is 540 g/mol. The van der Waals surface area contributed by atoms with Crippen LogP contribution in [0.25, 0.3) is 5.69 Å². The second kappa shape index (κ2) is 13.3. The van der Waals surface area contributed by atoms with Crippen LogP contribution < -0.4 is 11.1 Å². The van der Waals surface area contributed by atoms with Gasteiger partial charge in [0.05, 0.1) is 11.9 Å². The number of nitrogens with zero attached hydrogens (tertiary/aromatic N) is 4. The summed E-state index contributed by atoms with van der Waals surface area (Å²) in [7, 11) is 0. The molecule has 2 aromatic rings. The van der Waals surface area contributed by atoms with E-state index in [0.717, 1.165) is 70.3 Å². The number of hydrogen-bond donors (Lipinski definition) is 2. The molecule has 2 amide bonds. The van der Waals surface area contributed by atoms with Crippen molar-refractivity contribution in [2.75, 3.05) is 38.5 Å². The monoisotopic (exact) mass is 590 g/mol. The van der Waals surface area contributed by atoms with Crippen molar-refractivity contribution in [3.05, 3.63) is 42.1 Å². The lowest BCUT2D eigenvalue weighted by Crippen LogP contribution is -2.66. The number of rotatable bonds is 8. The summed E-state index contributed by atoms with van der Waals surface area (Å²) < 4.78 is 8.16. The third kappa shape index (κ3) is 6.15. The van der Waals surface area contributed by atoms with E-state index in [9.17, 15) is 9.59 Å². The molecule has 1 spiro atoms.